The molecule has 0 unspecified atom stereocenters. The Balaban J connectivity index is 4.39. The molecule has 0 aromatic carbocycles. The van der Waals surface area contributed by atoms with Gasteiger partial charge in [0.05, 0.1) is 0 Å². The van der Waals surface area contributed by atoms with Crippen LogP contribution >= 0.6 is 0 Å². The number of nitrogens with two attached hydrogens (primary N) is 1. The average molecular weight is 135 g/mol. The zero-order valence-electron chi connectivity index (χ0n) is 6.41. The van der Waals surface area contributed by atoms with Crippen LogP contribution in [-0.2, 0) is 0 Å². The first-order chi connectivity index (χ1) is 4.46. The van der Waals surface area contributed by atoms with Gasteiger partial charge in [0.1, 0.15) is 0 Å². The van der Waals surface area contributed by atoms with E-state index in [2.05, 4.69) is 26.3 Å². The van der Waals surface area contributed by atoms with Crippen LogP contribution in [0.4, 0.5) is 0 Å². The van der Waals surface area contributed by atoms with E-state index in [0.717, 1.165) is 11.1 Å². The smallest absolute Gasteiger partial charge is 0.0314 e. The summed E-state index contributed by atoms with van der Waals surface area (Å²) < 4.78 is 0. The second kappa shape index (κ2) is 3.06. The zero-order valence-corrected chi connectivity index (χ0v) is 6.41. The van der Waals surface area contributed by atoms with Crippen molar-refractivity contribution in [3.63, 3.8) is 0 Å². The van der Waals surface area contributed by atoms with Crippen LogP contribution in [0.3, 0.4) is 0 Å². The number of hydrogen-bond acceptors (Lipinski definition) is 1. The van der Waals surface area contributed by atoms with Gasteiger partial charge in [-0.15, -0.1) is 0 Å². The molecule has 0 aromatic rings. The monoisotopic (exact) mass is 135 g/mol. The van der Waals surface area contributed by atoms with E-state index in [4.69, 9.17) is 5.73 Å². The summed E-state index contributed by atoms with van der Waals surface area (Å²) in [6.07, 6.45) is 0. The van der Waals surface area contributed by atoms with Crippen LogP contribution in [0.15, 0.2) is 48.7 Å². The van der Waals surface area contributed by atoms with Crippen LogP contribution in [0, 0.1) is 0 Å². The lowest BCUT2D eigenvalue weighted by atomic mass is 10.0. The molecule has 1 nitrogen and oxygen atoms in total. The van der Waals surface area contributed by atoms with Crippen molar-refractivity contribution >= 4 is 0 Å². The van der Waals surface area contributed by atoms with Gasteiger partial charge in [-0.2, -0.15) is 0 Å². The predicted octanol–water partition coefficient (Wildman–Crippen LogP) is 2.15. The molecule has 0 fully saturated rings. The molecule has 1 heteroatoms. The molecule has 0 aliphatic carbocycles. The van der Waals surface area contributed by atoms with Gasteiger partial charge in [0.15, 0.2) is 0 Å². The first kappa shape index (κ1) is 8.76. The van der Waals surface area contributed by atoms with Gasteiger partial charge in [0.2, 0.25) is 0 Å². The molecule has 0 amide bonds. The molecular formula is C9H13N. The van der Waals surface area contributed by atoms with E-state index in [9.17, 15) is 0 Å². The number of rotatable bonds is 3. The topological polar surface area (TPSA) is 26.0 Å². The lowest BCUT2D eigenvalue weighted by Crippen LogP contribution is -2.00. The first-order valence-electron chi connectivity index (χ1n) is 2.95. The van der Waals surface area contributed by atoms with Crippen molar-refractivity contribution in [2.24, 2.45) is 5.73 Å². The van der Waals surface area contributed by atoms with Gasteiger partial charge in [0, 0.05) is 5.70 Å². The Kier molecular flexibility index (Phi) is 2.68. The normalized spacial score (nSPS) is 8.50. The third-order valence-electron chi connectivity index (χ3n) is 1.27. The summed E-state index contributed by atoms with van der Waals surface area (Å²) in [5.41, 5.74) is 8.15. The molecular weight excluding hydrogens is 122 g/mol. The Morgan fingerprint density at radius 2 is 1.40 bits per heavy atom. The molecule has 0 bridgehead atoms. The van der Waals surface area contributed by atoms with Gasteiger partial charge in [-0.05, 0) is 18.1 Å². The molecule has 0 aliphatic rings. The van der Waals surface area contributed by atoms with Crippen molar-refractivity contribution in [1.82, 2.24) is 0 Å². The van der Waals surface area contributed by atoms with Crippen LogP contribution in [0.1, 0.15) is 6.92 Å². The van der Waals surface area contributed by atoms with Gasteiger partial charge in [-0.25, -0.2) is 0 Å². The maximum Gasteiger partial charge on any atom is 0.0314 e. The fourth-order valence-electron chi connectivity index (χ4n) is 0.451. The Morgan fingerprint density at radius 1 is 1.00 bits per heavy atom. The Labute approximate surface area is 62.2 Å². The maximum atomic E-state index is 5.38. The Hall–Kier alpha value is -1.24. The molecule has 0 heterocycles. The van der Waals surface area contributed by atoms with Gasteiger partial charge >= 0.3 is 0 Å². The van der Waals surface area contributed by atoms with Gasteiger partial charge in [-0.3, -0.25) is 0 Å². The van der Waals surface area contributed by atoms with E-state index >= 15 is 0 Å². The summed E-state index contributed by atoms with van der Waals surface area (Å²) in [6, 6.07) is 0. The summed E-state index contributed by atoms with van der Waals surface area (Å²) in [5.74, 6) is 0. The highest BCUT2D eigenvalue weighted by Crippen LogP contribution is 2.16. The van der Waals surface area contributed by atoms with Crippen LogP contribution in [0.2, 0.25) is 0 Å². The quantitative estimate of drug-likeness (QED) is 0.589. The summed E-state index contributed by atoms with van der Waals surface area (Å²) >= 11 is 0. The second-order valence-electron chi connectivity index (χ2n) is 2.26. The highest BCUT2D eigenvalue weighted by Gasteiger charge is 2.00. The molecule has 0 radical (unpaired) electrons. The zero-order chi connectivity index (χ0) is 8.31. The van der Waals surface area contributed by atoms with Gasteiger partial charge in [0.25, 0.3) is 0 Å². The second-order valence-corrected chi connectivity index (χ2v) is 2.26. The summed E-state index contributed by atoms with van der Waals surface area (Å²) in [5, 5.41) is 0. The molecule has 0 saturated carbocycles. The van der Waals surface area contributed by atoms with Crippen LogP contribution in [0.5, 0.6) is 0 Å². The predicted molar refractivity (Wildman–Crippen MR) is 46.4 cm³/mol. The number of hydrogen-bond donors (Lipinski definition) is 1. The van der Waals surface area contributed by atoms with Gasteiger partial charge in [-0.1, -0.05) is 31.9 Å². The lowest BCUT2D eigenvalue weighted by molar-refractivity contribution is 1.31. The third kappa shape index (κ3) is 1.94. The van der Waals surface area contributed by atoms with Gasteiger partial charge < -0.3 is 5.73 Å². The number of allylic oxidation sites excluding steroid dienone is 2. The molecule has 0 spiro atoms. The largest absolute Gasteiger partial charge is 0.399 e. The van der Waals surface area contributed by atoms with E-state index in [1.165, 1.54) is 0 Å². The summed E-state index contributed by atoms with van der Waals surface area (Å²) in [6.45, 7) is 16.5. The van der Waals surface area contributed by atoms with E-state index in [1.807, 2.05) is 6.92 Å². The van der Waals surface area contributed by atoms with E-state index in [-0.39, 0.29) is 0 Å². The summed E-state index contributed by atoms with van der Waals surface area (Å²) in [7, 11) is 0. The van der Waals surface area contributed by atoms with Crippen molar-refractivity contribution in [2.75, 3.05) is 0 Å². The minimum atomic E-state index is 0.452. The van der Waals surface area contributed by atoms with E-state index < -0.39 is 0 Å². The SMILES string of the molecule is C=C(C)C(=C)C(=C)C(=C)N. The van der Waals surface area contributed by atoms with E-state index in [0.29, 0.717) is 11.3 Å². The lowest BCUT2D eigenvalue weighted by Gasteiger charge is -2.06. The highest BCUT2D eigenvalue weighted by atomic mass is 14.6. The molecule has 0 aliphatic heterocycles. The first-order valence-corrected chi connectivity index (χ1v) is 2.95. The van der Waals surface area contributed by atoms with Crippen molar-refractivity contribution in [3.8, 4) is 0 Å². The fourth-order valence-corrected chi connectivity index (χ4v) is 0.451. The van der Waals surface area contributed by atoms with Crippen molar-refractivity contribution in [3.05, 3.63) is 48.7 Å². The maximum absolute atomic E-state index is 5.38. The molecule has 54 valence electrons. The van der Waals surface area contributed by atoms with Crippen LogP contribution < -0.4 is 5.73 Å². The van der Waals surface area contributed by atoms with Crippen molar-refractivity contribution in [2.45, 2.75) is 6.92 Å². The standard InChI is InChI=1S/C9H13N/c1-6(2)7(3)8(4)9(5)10/h1,3-5,10H2,2H3. The minimum Gasteiger partial charge on any atom is -0.399 e. The third-order valence-corrected chi connectivity index (χ3v) is 1.27. The Bertz CT molecular complexity index is 185. The summed E-state index contributed by atoms with van der Waals surface area (Å²) in [4.78, 5) is 0. The molecule has 0 saturated heterocycles. The van der Waals surface area contributed by atoms with Crippen molar-refractivity contribution < 1.29 is 0 Å². The molecule has 10 heavy (non-hydrogen) atoms. The average Bonchev–Trinajstić information content (AvgIpc) is 1.84. The van der Waals surface area contributed by atoms with E-state index in [1.54, 1.807) is 0 Å². The molecule has 0 atom stereocenters. The molecule has 0 rings (SSSR count). The van der Waals surface area contributed by atoms with Crippen molar-refractivity contribution in [1.29, 1.82) is 0 Å². The minimum absolute atomic E-state index is 0.452. The molecule has 2 N–H and O–H groups in total. The fraction of sp³-hybridized carbons (Fsp3) is 0.111. The molecule has 0 aromatic heterocycles. The highest BCUT2D eigenvalue weighted by molar-refractivity contribution is 5.49. The Morgan fingerprint density at radius 3 is 1.50 bits per heavy atom. The van der Waals surface area contributed by atoms with Crippen LogP contribution in [-0.4, -0.2) is 0 Å². The van der Waals surface area contributed by atoms with Crippen LogP contribution in [0.25, 0.3) is 0 Å².